The van der Waals surface area contributed by atoms with Gasteiger partial charge >= 0.3 is 0 Å². The number of hydrogen-bond acceptors (Lipinski definition) is 1. The molecule has 1 unspecified atom stereocenters. The third-order valence-corrected chi connectivity index (χ3v) is 1.85. The van der Waals surface area contributed by atoms with Crippen molar-refractivity contribution in [1.29, 1.82) is 0 Å². The zero-order valence-corrected chi connectivity index (χ0v) is 6.14. The van der Waals surface area contributed by atoms with Crippen LogP contribution in [0.1, 0.15) is 20.8 Å². The highest BCUT2D eigenvalue weighted by Gasteiger charge is 2.07. The van der Waals surface area contributed by atoms with Gasteiger partial charge < -0.3 is 4.74 Å². The summed E-state index contributed by atoms with van der Waals surface area (Å²) in [5.41, 5.74) is 1.33. The molecule has 1 heterocycles. The van der Waals surface area contributed by atoms with Gasteiger partial charge in [-0.25, -0.2) is 0 Å². The average molecular weight is 124 g/mol. The molecule has 0 bridgehead atoms. The van der Waals surface area contributed by atoms with E-state index in [1.165, 1.54) is 5.57 Å². The van der Waals surface area contributed by atoms with Gasteiger partial charge in [0.05, 0.1) is 12.0 Å². The molecule has 1 heteroatoms. The molecule has 0 aromatic rings. The van der Waals surface area contributed by atoms with Crippen molar-refractivity contribution in [3.63, 3.8) is 0 Å². The van der Waals surface area contributed by atoms with Gasteiger partial charge in [0.2, 0.25) is 0 Å². The molecule has 0 fully saturated rings. The molecule has 1 nitrogen and oxygen atoms in total. The van der Waals surface area contributed by atoms with Crippen molar-refractivity contribution in [2.24, 2.45) is 5.92 Å². The molecule has 1 atom stereocenters. The Morgan fingerprint density at radius 2 is 2.11 bits per heavy atom. The molecular formula is C8H12O. The van der Waals surface area contributed by atoms with E-state index in [0.717, 1.165) is 5.76 Å². The quantitative estimate of drug-likeness (QED) is 0.482. The lowest BCUT2D eigenvalue weighted by molar-refractivity contribution is 0.329. The molecule has 9 heavy (non-hydrogen) atoms. The van der Waals surface area contributed by atoms with E-state index in [-0.39, 0.29) is 0 Å². The minimum atomic E-state index is 0.554. The first-order chi connectivity index (χ1) is 4.22. The van der Waals surface area contributed by atoms with E-state index in [2.05, 4.69) is 19.9 Å². The summed E-state index contributed by atoms with van der Waals surface area (Å²) in [5, 5.41) is 0. The number of ether oxygens (including phenoxy) is 1. The minimum absolute atomic E-state index is 0.554. The lowest BCUT2D eigenvalue weighted by Crippen LogP contribution is -2.00. The molecule has 50 valence electrons. The molecule has 1 rings (SSSR count). The normalized spacial score (nSPS) is 26.3. The molecule has 0 aromatic heterocycles. The van der Waals surface area contributed by atoms with Crippen molar-refractivity contribution in [2.75, 3.05) is 0 Å². The third-order valence-electron chi connectivity index (χ3n) is 1.85. The number of allylic oxidation sites excluding steroid dienone is 3. The summed E-state index contributed by atoms with van der Waals surface area (Å²) in [6.45, 7) is 6.26. The molecule has 0 aromatic carbocycles. The summed E-state index contributed by atoms with van der Waals surface area (Å²) in [4.78, 5) is 0. The third kappa shape index (κ3) is 1.15. The van der Waals surface area contributed by atoms with Crippen molar-refractivity contribution in [1.82, 2.24) is 0 Å². The van der Waals surface area contributed by atoms with E-state index >= 15 is 0 Å². The standard InChI is InChI=1S/C8H12O/c1-6-4-5-9-8(3)7(6)2/h4-6H,1-3H3. The van der Waals surface area contributed by atoms with Crippen molar-refractivity contribution >= 4 is 0 Å². The maximum atomic E-state index is 5.16. The smallest absolute Gasteiger partial charge is 0.0995 e. The van der Waals surface area contributed by atoms with Crippen LogP contribution in [0.2, 0.25) is 0 Å². The zero-order chi connectivity index (χ0) is 6.85. The van der Waals surface area contributed by atoms with Gasteiger partial charge in [-0.3, -0.25) is 0 Å². The summed E-state index contributed by atoms with van der Waals surface area (Å²) in [6.07, 6.45) is 3.81. The van der Waals surface area contributed by atoms with E-state index in [4.69, 9.17) is 4.74 Å². The maximum absolute atomic E-state index is 5.16. The molecule has 0 amide bonds. The number of hydrogen-bond donors (Lipinski definition) is 0. The summed E-state index contributed by atoms with van der Waals surface area (Å²) >= 11 is 0. The van der Waals surface area contributed by atoms with E-state index in [0.29, 0.717) is 5.92 Å². The van der Waals surface area contributed by atoms with Gasteiger partial charge in [-0.05, 0) is 25.5 Å². The Morgan fingerprint density at radius 3 is 2.56 bits per heavy atom. The minimum Gasteiger partial charge on any atom is -0.470 e. The van der Waals surface area contributed by atoms with E-state index in [1.807, 2.05) is 6.92 Å². The summed E-state index contributed by atoms with van der Waals surface area (Å²) in [6, 6.07) is 0. The fourth-order valence-electron chi connectivity index (χ4n) is 0.817. The zero-order valence-electron chi connectivity index (χ0n) is 6.14. The van der Waals surface area contributed by atoms with Gasteiger partial charge in [-0.1, -0.05) is 6.92 Å². The van der Waals surface area contributed by atoms with Crippen LogP contribution in [0.3, 0.4) is 0 Å². The molecule has 0 N–H and O–H groups in total. The van der Waals surface area contributed by atoms with Crippen LogP contribution in [-0.4, -0.2) is 0 Å². The number of rotatable bonds is 0. The summed E-state index contributed by atoms with van der Waals surface area (Å²) in [7, 11) is 0. The van der Waals surface area contributed by atoms with Gasteiger partial charge in [0.25, 0.3) is 0 Å². The van der Waals surface area contributed by atoms with Gasteiger partial charge in [-0.2, -0.15) is 0 Å². The first-order valence-electron chi connectivity index (χ1n) is 3.22. The van der Waals surface area contributed by atoms with Crippen LogP contribution in [0, 0.1) is 5.92 Å². The second kappa shape index (κ2) is 2.26. The maximum Gasteiger partial charge on any atom is 0.0995 e. The van der Waals surface area contributed by atoms with Crippen LogP contribution in [0.5, 0.6) is 0 Å². The highest BCUT2D eigenvalue weighted by Crippen LogP contribution is 2.20. The molecule has 1 aliphatic heterocycles. The Labute approximate surface area is 56.0 Å². The molecule has 0 radical (unpaired) electrons. The predicted octanol–water partition coefficient (Wildman–Crippen LogP) is 2.46. The van der Waals surface area contributed by atoms with Gasteiger partial charge in [-0.15, -0.1) is 0 Å². The lowest BCUT2D eigenvalue weighted by Gasteiger charge is -2.15. The molecule has 1 aliphatic rings. The van der Waals surface area contributed by atoms with Crippen LogP contribution in [0.15, 0.2) is 23.7 Å². The van der Waals surface area contributed by atoms with Crippen LogP contribution in [0.4, 0.5) is 0 Å². The monoisotopic (exact) mass is 124 g/mol. The van der Waals surface area contributed by atoms with Crippen molar-refractivity contribution < 1.29 is 4.74 Å². The Kier molecular flexibility index (Phi) is 1.60. The highest BCUT2D eigenvalue weighted by atomic mass is 16.5. The predicted molar refractivity (Wildman–Crippen MR) is 37.8 cm³/mol. The van der Waals surface area contributed by atoms with E-state index < -0.39 is 0 Å². The van der Waals surface area contributed by atoms with Crippen LogP contribution in [-0.2, 0) is 4.74 Å². The first-order valence-corrected chi connectivity index (χ1v) is 3.22. The van der Waals surface area contributed by atoms with Gasteiger partial charge in [0.1, 0.15) is 0 Å². The largest absolute Gasteiger partial charge is 0.470 e. The van der Waals surface area contributed by atoms with Gasteiger partial charge in [0.15, 0.2) is 0 Å². The highest BCUT2D eigenvalue weighted by molar-refractivity contribution is 5.16. The van der Waals surface area contributed by atoms with Crippen LogP contribution >= 0.6 is 0 Å². The Morgan fingerprint density at radius 1 is 1.44 bits per heavy atom. The van der Waals surface area contributed by atoms with Crippen LogP contribution in [0.25, 0.3) is 0 Å². The van der Waals surface area contributed by atoms with Crippen molar-refractivity contribution in [3.8, 4) is 0 Å². The molecule has 0 saturated heterocycles. The Hall–Kier alpha value is -0.720. The van der Waals surface area contributed by atoms with Crippen molar-refractivity contribution in [3.05, 3.63) is 23.7 Å². The Balaban J connectivity index is 2.79. The average Bonchev–Trinajstić information content (AvgIpc) is 1.83. The molecule has 0 aliphatic carbocycles. The molecule has 0 spiro atoms. The van der Waals surface area contributed by atoms with Crippen LogP contribution < -0.4 is 0 Å². The van der Waals surface area contributed by atoms with E-state index in [9.17, 15) is 0 Å². The second-order valence-corrected chi connectivity index (χ2v) is 2.47. The summed E-state index contributed by atoms with van der Waals surface area (Å²) in [5.74, 6) is 1.60. The second-order valence-electron chi connectivity index (χ2n) is 2.47. The van der Waals surface area contributed by atoms with Gasteiger partial charge in [0, 0.05) is 5.92 Å². The fourth-order valence-corrected chi connectivity index (χ4v) is 0.817. The first kappa shape index (κ1) is 6.40. The summed E-state index contributed by atoms with van der Waals surface area (Å²) < 4.78 is 5.16. The molecular weight excluding hydrogens is 112 g/mol. The Bertz CT molecular complexity index is 165. The topological polar surface area (TPSA) is 9.23 Å². The SMILES string of the molecule is CC1=C(C)C(C)C=CO1. The van der Waals surface area contributed by atoms with E-state index in [1.54, 1.807) is 6.26 Å². The van der Waals surface area contributed by atoms with Crippen molar-refractivity contribution in [2.45, 2.75) is 20.8 Å². The fraction of sp³-hybridized carbons (Fsp3) is 0.500. The lowest BCUT2D eigenvalue weighted by atomic mass is 10.0. The molecule has 0 saturated carbocycles.